The van der Waals surface area contributed by atoms with Crippen LogP contribution < -0.4 is 25.3 Å². The number of methoxy groups -OCH3 is 1. The maximum Gasteiger partial charge on any atom is 0.328 e. The summed E-state index contributed by atoms with van der Waals surface area (Å²) in [6.45, 7) is 0.299. The van der Waals surface area contributed by atoms with Crippen molar-refractivity contribution in [3.8, 4) is 34.4 Å². The minimum absolute atomic E-state index is 0.0361. The Labute approximate surface area is 371 Å². The number of halogens is 2. The van der Waals surface area contributed by atoms with E-state index < -0.39 is 40.1 Å². The summed E-state index contributed by atoms with van der Waals surface area (Å²) in [5.74, 6) is 0.110. The Bertz CT molecular complexity index is 2800. The van der Waals surface area contributed by atoms with Gasteiger partial charge in [-0.15, -0.1) is 0 Å². The van der Waals surface area contributed by atoms with Gasteiger partial charge in [-0.05, 0) is 93.9 Å². The standard InChI is InChI=1S/C45H37Cl2N5O8S2/c1-57-44(54)37(17-26-2-7-29(8-3-26)30-9-4-27(21-48)5-10-30)51-43(53)38-18-32-19-39-40(20-33(32)23-52(38)62(55,56)42-22-50-45(49)61-42)60-41(25-59-39)31-11-13-34(14-12-31)58-24-28-6-15-35(46)36(47)16-28/h2-16,19-20,22,37-38,41H,17-18,23-25H2,1H3,(H2,49,50)(H,51,53)/t37-,38-,41?/m0/s1. The van der Waals surface area contributed by atoms with E-state index in [0.29, 0.717) is 50.6 Å². The number of nitriles is 1. The molecule has 5 aromatic carbocycles. The van der Waals surface area contributed by atoms with Gasteiger partial charge in [0.2, 0.25) is 5.91 Å². The minimum Gasteiger partial charge on any atom is -0.489 e. The van der Waals surface area contributed by atoms with Crippen molar-refractivity contribution in [1.29, 1.82) is 5.26 Å². The molecule has 0 radical (unpaired) electrons. The van der Waals surface area contributed by atoms with Crippen LogP contribution in [0.4, 0.5) is 5.13 Å². The summed E-state index contributed by atoms with van der Waals surface area (Å²) < 4.78 is 53.1. The molecule has 3 atom stereocenters. The highest BCUT2D eigenvalue weighted by Crippen LogP contribution is 2.42. The first-order valence-electron chi connectivity index (χ1n) is 19.2. The number of esters is 1. The summed E-state index contributed by atoms with van der Waals surface area (Å²) in [6.07, 6.45) is 0.721. The van der Waals surface area contributed by atoms with Crippen molar-refractivity contribution in [3.63, 3.8) is 0 Å². The van der Waals surface area contributed by atoms with Crippen LogP contribution in [0, 0.1) is 11.3 Å². The fraction of sp³-hybridized carbons (Fsp3) is 0.200. The molecule has 0 fully saturated rings. The lowest BCUT2D eigenvalue weighted by Gasteiger charge is -2.36. The van der Waals surface area contributed by atoms with Crippen molar-refractivity contribution in [2.75, 3.05) is 19.5 Å². The van der Waals surface area contributed by atoms with Crippen LogP contribution in [0.25, 0.3) is 11.1 Å². The summed E-state index contributed by atoms with van der Waals surface area (Å²) in [7, 11) is -3.10. The number of benzene rings is 5. The van der Waals surface area contributed by atoms with Crippen LogP contribution in [-0.2, 0) is 50.3 Å². The van der Waals surface area contributed by atoms with Crippen LogP contribution in [0.3, 0.4) is 0 Å². The first-order chi connectivity index (χ1) is 29.9. The van der Waals surface area contributed by atoms with E-state index in [-0.39, 0.29) is 35.3 Å². The summed E-state index contributed by atoms with van der Waals surface area (Å²) in [5, 5.41) is 12.9. The van der Waals surface area contributed by atoms with E-state index in [9.17, 15) is 18.0 Å². The largest absolute Gasteiger partial charge is 0.489 e. The van der Waals surface area contributed by atoms with E-state index in [0.717, 1.165) is 49.7 Å². The molecule has 0 saturated heterocycles. The Morgan fingerprint density at radius 1 is 0.952 bits per heavy atom. The number of nitrogens with one attached hydrogen (secondary N) is 1. The number of carbonyl (C=O) groups is 2. The predicted molar refractivity (Wildman–Crippen MR) is 234 cm³/mol. The second-order valence-electron chi connectivity index (χ2n) is 14.6. The van der Waals surface area contributed by atoms with Crippen molar-refractivity contribution >= 4 is 61.6 Å². The number of carbonyl (C=O) groups excluding carboxylic acids is 2. The molecule has 1 amide bonds. The SMILES string of the molecule is COC(=O)[C@H](Cc1ccc(-c2ccc(C#N)cc2)cc1)NC(=O)[C@@H]1Cc2cc3c(cc2CN1S(=O)(=O)c1cnc(N)s1)OC(c1ccc(OCc2ccc(Cl)c(Cl)c2)cc1)CO3. The van der Waals surface area contributed by atoms with Gasteiger partial charge < -0.3 is 30.0 Å². The van der Waals surface area contributed by atoms with E-state index in [1.54, 1.807) is 36.4 Å². The molecular formula is C45H37Cl2N5O8S2. The van der Waals surface area contributed by atoms with Crippen LogP contribution in [0.15, 0.2) is 114 Å². The van der Waals surface area contributed by atoms with Crippen LogP contribution >= 0.6 is 34.5 Å². The Hall–Kier alpha value is -6.15. The lowest BCUT2D eigenvalue weighted by molar-refractivity contribution is -0.145. The van der Waals surface area contributed by atoms with Crippen molar-refractivity contribution in [1.82, 2.24) is 14.6 Å². The van der Waals surface area contributed by atoms with Gasteiger partial charge >= 0.3 is 5.97 Å². The molecular weight excluding hydrogens is 874 g/mol. The van der Waals surface area contributed by atoms with Crippen LogP contribution in [0.2, 0.25) is 10.0 Å². The van der Waals surface area contributed by atoms with E-state index in [2.05, 4.69) is 16.4 Å². The lowest BCUT2D eigenvalue weighted by atomic mass is 9.93. The first kappa shape index (κ1) is 42.5. The molecule has 0 bridgehead atoms. The fourth-order valence-corrected chi connectivity index (χ4v) is 10.2. The summed E-state index contributed by atoms with van der Waals surface area (Å²) in [5.41, 5.74) is 11.9. The molecule has 13 nitrogen and oxygen atoms in total. The third kappa shape index (κ3) is 9.20. The molecule has 62 heavy (non-hydrogen) atoms. The highest BCUT2D eigenvalue weighted by molar-refractivity contribution is 7.91. The van der Waals surface area contributed by atoms with Gasteiger partial charge in [0.05, 0.1) is 35.0 Å². The van der Waals surface area contributed by atoms with Crippen molar-refractivity contribution < 1.29 is 37.0 Å². The number of ether oxygens (including phenoxy) is 4. The second-order valence-corrected chi connectivity index (χ2v) is 18.5. The van der Waals surface area contributed by atoms with Gasteiger partial charge in [0.1, 0.15) is 31.0 Å². The molecule has 3 N–H and O–H groups in total. The Morgan fingerprint density at radius 3 is 2.31 bits per heavy atom. The van der Waals surface area contributed by atoms with Gasteiger partial charge in [0, 0.05) is 13.0 Å². The number of fused-ring (bicyclic) bond motifs is 2. The fourth-order valence-electron chi connectivity index (χ4n) is 7.26. The number of rotatable bonds is 12. The molecule has 8 rings (SSSR count). The van der Waals surface area contributed by atoms with E-state index in [1.807, 2.05) is 66.7 Å². The number of aromatic nitrogens is 1. The minimum atomic E-state index is -4.32. The van der Waals surface area contributed by atoms with Crippen molar-refractivity contribution in [3.05, 3.63) is 153 Å². The topological polar surface area (TPSA) is 183 Å². The van der Waals surface area contributed by atoms with Gasteiger partial charge in [-0.25, -0.2) is 18.2 Å². The molecule has 0 saturated carbocycles. The third-order valence-corrected chi connectivity index (χ3v) is 14.4. The Morgan fingerprint density at radius 2 is 1.65 bits per heavy atom. The van der Waals surface area contributed by atoms with Crippen LogP contribution in [0.5, 0.6) is 17.2 Å². The molecule has 17 heteroatoms. The number of sulfonamides is 1. The number of nitrogens with zero attached hydrogens (tertiary/aromatic N) is 3. The first-order valence-corrected chi connectivity index (χ1v) is 22.2. The molecule has 316 valence electrons. The molecule has 1 aromatic heterocycles. The second kappa shape index (κ2) is 18.1. The van der Waals surface area contributed by atoms with Gasteiger partial charge in [-0.2, -0.15) is 9.57 Å². The van der Waals surface area contributed by atoms with E-state index >= 15 is 0 Å². The highest BCUT2D eigenvalue weighted by Gasteiger charge is 2.42. The maximum atomic E-state index is 14.3. The van der Waals surface area contributed by atoms with Crippen molar-refractivity contribution in [2.24, 2.45) is 0 Å². The number of thiazole rings is 1. The van der Waals surface area contributed by atoms with Crippen molar-refractivity contribution in [2.45, 2.75) is 48.4 Å². The molecule has 0 spiro atoms. The quantitative estimate of drug-likeness (QED) is 0.115. The number of hydrogen-bond acceptors (Lipinski definition) is 12. The number of nitrogens with two attached hydrogens (primary N) is 1. The molecule has 0 aliphatic carbocycles. The highest BCUT2D eigenvalue weighted by atomic mass is 35.5. The number of amides is 1. The van der Waals surface area contributed by atoms with Crippen LogP contribution in [0.1, 0.15) is 39.5 Å². The van der Waals surface area contributed by atoms with Gasteiger partial charge in [0.15, 0.2) is 26.9 Å². The Balaban J connectivity index is 1.00. The zero-order valence-corrected chi connectivity index (χ0v) is 36.1. The Kier molecular flexibility index (Phi) is 12.4. The van der Waals surface area contributed by atoms with E-state index in [1.165, 1.54) is 7.11 Å². The summed E-state index contributed by atoms with van der Waals surface area (Å²) in [6, 6.07) is 30.5. The summed E-state index contributed by atoms with van der Waals surface area (Å²) in [4.78, 5) is 31.4. The van der Waals surface area contributed by atoms with Gasteiger partial charge in [-0.3, -0.25) is 4.79 Å². The zero-order chi connectivity index (χ0) is 43.5. The van der Waals surface area contributed by atoms with Gasteiger partial charge in [-0.1, -0.05) is 89.1 Å². The smallest absolute Gasteiger partial charge is 0.328 e. The maximum absolute atomic E-state index is 14.3. The van der Waals surface area contributed by atoms with E-state index in [4.69, 9.17) is 53.1 Å². The molecule has 1 unspecified atom stereocenters. The molecule has 2 aliphatic rings. The normalized spacial score (nSPS) is 16.4. The summed E-state index contributed by atoms with van der Waals surface area (Å²) >= 11 is 13.0. The number of hydrogen-bond donors (Lipinski definition) is 2. The number of anilines is 1. The lowest BCUT2D eigenvalue weighted by Crippen LogP contribution is -2.55. The monoisotopic (exact) mass is 909 g/mol. The average Bonchev–Trinajstić information content (AvgIpc) is 3.75. The predicted octanol–water partition coefficient (Wildman–Crippen LogP) is 7.68. The van der Waals surface area contributed by atoms with Gasteiger partial charge in [0.25, 0.3) is 10.0 Å². The molecule has 3 heterocycles. The number of nitrogen functional groups attached to an aromatic ring is 1. The molecule has 2 aliphatic heterocycles. The average molecular weight is 911 g/mol. The molecule has 6 aromatic rings. The third-order valence-electron chi connectivity index (χ3n) is 10.6. The zero-order valence-electron chi connectivity index (χ0n) is 32.9. The van der Waals surface area contributed by atoms with Crippen LogP contribution in [-0.4, -0.2) is 55.4 Å².